The Morgan fingerprint density at radius 1 is 1.14 bits per heavy atom. The number of benzene rings is 2. The molecule has 0 saturated carbocycles. The number of nitrogens with zero attached hydrogens (tertiary/aromatic N) is 3. The van der Waals surface area contributed by atoms with Gasteiger partial charge in [0.1, 0.15) is 18.2 Å². The van der Waals surface area contributed by atoms with E-state index in [4.69, 9.17) is 0 Å². The van der Waals surface area contributed by atoms with Gasteiger partial charge in [0.05, 0.1) is 17.2 Å². The fourth-order valence-corrected chi connectivity index (χ4v) is 3.79. The number of fused-ring (bicyclic) bond motifs is 1. The van der Waals surface area contributed by atoms with Crippen LogP contribution < -0.4 is 5.56 Å². The molecule has 0 radical (unpaired) electrons. The van der Waals surface area contributed by atoms with Gasteiger partial charge >= 0.3 is 0 Å². The molecular weight excluding hydrogens is 364 g/mol. The van der Waals surface area contributed by atoms with Crippen LogP contribution in [0.3, 0.4) is 0 Å². The lowest BCUT2D eigenvalue weighted by Gasteiger charge is -2.25. The molecule has 1 fully saturated rings. The van der Waals surface area contributed by atoms with Crippen molar-refractivity contribution in [3.8, 4) is 0 Å². The first kappa shape index (κ1) is 18.3. The lowest BCUT2D eigenvalue weighted by Crippen LogP contribution is -2.40. The molecule has 1 saturated heterocycles. The molecule has 0 N–H and O–H groups in total. The SMILES string of the molecule is O=C(Cn1cnc2ccc(F)cc2c1=O)N1CCCC1Cc1cccc(F)c1. The van der Waals surface area contributed by atoms with Crippen molar-refractivity contribution in [3.05, 3.63) is 76.3 Å². The first-order valence-electron chi connectivity index (χ1n) is 9.20. The largest absolute Gasteiger partial charge is 0.338 e. The van der Waals surface area contributed by atoms with Crippen LogP contribution in [0.25, 0.3) is 10.9 Å². The number of aromatic nitrogens is 2. The molecule has 2 aromatic carbocycles. The van der Waals surface area contributed by atoms with Crippen molar-refractivity contribution >= 4 is 16.8 Å². The van der Waals surface area contributed by atoms with Gasteiger partial charge in [-0.3, -0.25) is 14.2 Å². The molecule has 7 heteroatoms. The Kier molecular flexibility index (Phi) is 4.90. The molecule has 4 rings (SSSR count). The fourth-order valence-electron chi connectivity index (χ4n) is 3.79. The van der Waals surface area contributed by atoms with Gasteiger partial charge in [0.15, 0.2) is 0 Å². The molecule has 28 heavy (non-hydrogen) atoms. The maximum atomic E-state index is 13.5. The number of halogens is 2. The summed E-state index contributed by atoms with van der Waals surface area (Å²) in [6.45, 7) is 0.446. The van der Waals surface area contributed by atoms with Crippen LogP contribution in [0.1, 0.15) is 18.4 Å². The van der Waals surface area contributed by atoms with Crippen molar-refractivity contribution in [2.75, 3.05) is 6.54 Å². The van der Waals surface area contributed by atoms with Crippen molar-refractivity contribution in [3.63, 3.8) is 0 Å². The van der Waals surface area contributed by atoms with Gasteiger partial charge in [-0.2, -0.15) is 0 Å². The molecule has 0 bridgehead atoms. The number of amides is 1. The summed E-state index contributed by atoms with van der Waals surface area (Å²) in [5.74, 6) is -1.02. The Hall–Kier alpha value is -3.09. The van der Waals surface area contributed by atoms with E-state index in [0.29, 0.717) is 18.5 Å². The molecule has 1 unspecified atom stereocenters. The van der Waals surface area contributed by atoms with Crippen molar-refractivity contribution in [1.82, 2.24) is 14.5 Å². The topological polar surface area (TPSA) is 55.2 Å². The molecule has 2 heterocycles. The third-order valence-electron chi connectivity index (χ3n) is 5.15. The molecule has 1 aromatic heterocycles. The molecule has 0 spiro atoms. The summed E-state index contributed by atoms with van der Waals surface area (Å²) in [7, 11) is 0. The number of likely N-dealkylation sites (tertiary alicyclic amines) is 1. The van der Waals surface area contributed by atoms with Crippen LogP contribution in [0.2, 0.25) is 0 Å². The van der Waals surface area contributed by atoms with Crippen LogP contribution in [-0.2, 0) is 17.8 Å². The van der Waals surface area contributed by atoms with Crippen LogP contribution in [0, 0.1) is 11.6 Å². The Balaban J connectivity index is 1.53. The molecule has 144 valence electrons. The van der Waals surface area contributed by atoms with Gasteiger partial charge in [0.25, 0.3) is 5.56 Å². The van der Waals surface area contributed by atoms with Crippen molar-refractivity contribution in [2.24, 2.45) is 0 Å². The second-order valence-electron chi connectivity index (χ2n) is 7.06. The van der Waals surface area contributed by atoms with Crippen molar-refractivity contribution < 1.29 is 13.6 Å². The highest BCUT2D eigenvalue weighted by atomic mass is 19.1. The van der Waals surface area contributed by atoms with Crippen LogP contribution in [0.5, 0.6) is 0 Å². The number of hydrogen-bond acceptors (Lipinski definition) is 3. The normalized spacial score (nSPS) is 16.6. The van der Waals surface area contributed by atoms with Crippen LogP contribution in [-0.4, -0.2) is 32.9 Å². The predicted molar refractivity (Wildman–Crippen MR) is 101 cm³/mol. The minimum absolute atomic E-state index is 0.0316. The summed E-state index contributed by atoms with van der Waals surface area (Å²) >= 11 is 0. The maximum absolute atomic E-state index is 13.5. The second-order valence-corrected chi connectivity index (χ2v) is 7.06. The lowest BCUT2D eigenvalue weighted by atomic mass is 10.0. The average Bonchev–Trinajstić information content (AvgIpc) is 3.12. The summed E-state index contributed by atoms with van der Waals surface area (Å²) in [6.07, 6.45) is 3.58. The van der Waals surface area contributed by atoms with E-state index in [-0.39, 0.29) is 29.7 Å². The zero-order valence-electron chi connectivity index (χ0n) is 15.1. The summed E-state index contributed by atoms with van der Waals surface area (Å²) in [5.41, 5.74) is 0.781. The molecule has 5 nitrogen and oxygen atoms in total. The van der Waals surface area contributed by atoms with E-state index < -0.39 is 11.4 Å². The number of carbonyl (C=O) groups excluding carboxylic acids is 1. The van der Waals surface area contributed by atoms with E-state index in [0.717, 1.165) is 24.5 Å². The van der Waals surface area contributed by atoms with Crippen molar-refractivity contribution in [1.29, 1.82) is 0 Å². The van der Waals surface area contributed by atoms with Gasteiger partial charge in [-0.15, -0.1) is 0 Å². The molecule has 3 aromatic rings. The minimum Gasteiger partial charge on any atom is -0.338 e. The number of rotatable bonds is 4. The van der Waals surface area contributed by atoms with Gasteiger partial charge in [0.2, 0.25) is 5.91 Å². The smallest absolute Gasteiger partial charge is 0.261 e. The zero-order valence-corrected chi connectivity index (χ0v) is 15.1. The molecule has 1 atom stereocenters. The van der Waals surface area contributed by atoms with Gasteiger partial charge in [-0.25, -0.2) is 13.8 Å². The number of hydrogen-bond donors (Lipinski definition) is 0. The Bertz CT molecular complexity index is 1100. The van der Waals surface area contributed by atoms with E-state index in [1.165, 1.54) is 35.2 Å². The monoisotopic (exact) mass is 383 g/mol. The maximum Gasteiger partial charge on any atom is 0.261 e. The lowest BCUT2D eigenvalue weighted by molar-refractivity contribution is -0.132. The Morgan fingerprint density at radius 3 is 2.79 bits per heavy atom. The van der Waals surface area contributed by atoms with Crippen LogP contribution >= 0.6 is 0 Å². The molecule has 1 aliphatic heterocycles. The summed E-state index contributed by atoms with van der Waals surface area (Å²) in [5, 5.41) is 0.146. The minimum atomic E-state index is -0.523. The van der Waals surface area contributed by atoms with E-state index in [1.54, 1.807) is 11.0 Å². The summed E-state index contributed by atoms with van der Waals surface area (Å²) in [6, 6.07) is 10.2. The highest BCUT2D eigenvalue weighted by Crippen LogP contribution is 2.22. The van der Waals surface area contributed by atoms with E-state index in [1.807, 2.05) is 6.07 Å². The number of carbonyl (C=O) groups is 1. The molecular formula is C21H19F2N3O2. The van der Waals surface area contributed by atoms with Gasteiger partial charge in [0, 0.05) is 12.6 Å². The molecule has 0 aliphatic carbocycles. The van der Waals surface area contributed by atoms with E-state index in [9.17, 15) is 18.4 Å². The third kappa shape index (κ3) is 3.65. The third-order valence-corrected chi connectivity index (χ3v) is 5.15. The van der Waals surface area contributed by atoms with E-state index >= 15 is 0 Å². The highest BCUT2D eigenvalue weighted by molar-refractivity contribution is 5.79. The molecule has 1 aliphatic rings. The van der Waals surface area contributed by atoms with Gasteiger partial charge in [-0.1, -0.05) is 12.1 Å². The Morgan fingerprint density at radius 2 is 1.96 bits per heavy atom. The second kappa shape index (κ2) is 7.50. The first-order chi connectivity index (χ1) is 13.5. The summed E-state index contributed by atoms with van der Waals surface area (Å²) < 4.78 is 28.1. The highest BCUT2D eigenvalue weighted by Gasteiger charge is 2.29. The quantitative estimate of drug-likeness (QED) is 0.696. The van der Waals surface area contributed by atoms with Crippen LogP contribution in [0.15, 0.2) is 53.6 Å². The molecule has 1 amide bonds. The Labute approximate surface area is 160 Å². The predicted octanol–water partition coefficient (Wildman–Crippen LogP) is 2.91. The zero-order chi connectivity index (χ0) is 19.7. The average molecular weight is 383 g/mol. The van der Waals surface area contributed by atoms with Gasteiger partial charge in [-0.05, 0) is 55.2 Å². The fraction of sp³-hybridized carbons (Fsp3) is 0.286. The summed E-state index contributed by atoms with van der Waals surface area (Å²) in [4.78, 5) is 31.3. The van der Waals surface area contributed by atoms with Gasteiger partial charge < -0.3 is 4.90 Å². The van der Waals surface area contributed by atoms with E-state index in [2.05, 4.69) is 4.98 Å². The van der Waals surface area contributed by atoms with Crippen LogP contribution in [0.4, 0.5) is 8.78 Å². The standard InChI is InChI=1S/C21H19F2N3O2/c22-15-4-1-3-14(9-15)10-17-5-2-8-26(17)20(27)12-25-13-24-19-7-6-16(23)11-18(19)21(25)28/h1,3-4,6-7,9,11,13,17H,2,5,8,10,12H2. The first-order valence-corrected chi connectivity index (χ1v) is 9.20. The van der Waals surface area contributed by atoms with Crippen molar-refractivity contribution in [2.45, 2.75) is 31.8 Å².